The Morgan fingerprint density at radius 3 is 2.34 bits per heavy atom. The predicted molar refractivity (Wildman–Crippen MR) is 108 cm³/mol. The van der Waals surface area contributed by atoms with Crippen LogP contribution in [0.3, 0.4) is 0 Å². The van der Waals surface area contributed by atoms with Crippen LogP contribution < -0.4 is 0 Å². The second kappa shape index (κ2) is 11.3. The summed E-state index contributed by atoms with van der Waals surface area (Å²) in [6.45, 7) is 0.278. The van der Waals surface area contributed by atoms with E-state index < -0.39 is 35.7 Å². The molecule has 0 saturated carbocycles. The first-order valence-electron chi connectivity index (χ1n) is 8.49. The summed E-state index contributed by atoms with van der Waals surface area (Å²) >= 11 is -1.14. The lowest BCUT2D eigenvalue weighted by atomic mass is 10.2. The zero-order valence-electron chi connectivity index (χ0n) is 16.5. The topological polar surface area (TPSA) is 107 Å². The second-order valence-electron chi connectivity index (χ2n) is 6.00. The van der Waals surface area contributed by atoms with Crippen LogP contribution in [0.2, 0.25) is 0 Å². The molecule has 0 spiro atoms. The molecule has 1 unspecified atom stereocenters. The smallest absolute Gasteiger partial charge is 0.346 e. The number of hydrogen-bond acceptors (Lipinski definition) is 9. The van der Waals surface area contributed by atoms with Gasteiger partial charge >= 0.3 is 6.09 Å². The van der Waals surface area contributed by atoms with Gasteiger partial charge in [0.1, 0.15) is 6.10 Å². The number of thioether (sulfide) groups is 1. The van der Waals surface area contributed by atoms with Crippen LogP contribution in [0.5, 0.6) is 0 Å². The molecule has 1 heterocycles. The van der Waals surface area contributed by atoms with Crippen LogP contribution >= 0.6 is 11.8 Å². The molecule has 0 aliphatic carbocycles. The summed E-state index contributed by atoms with van der Waals surface area (Å²) in [4.78, 5) is 29.8. The van der Waals surface area contributed by atoms with Crippen molar-refractivity contribution in [3.8, 4) is 0 Å². The first-order valence-corrected chi connectivity index (χ1v) is 10.7. The Bertz CT molecular complexity index is 753. The van der Waals surface area contributed by atoms with Crippen molar-refractivity contribution in [1.82, 2.24) is 9.21 Å². The van der Waals surface area contributed by atoms with Gasteiger partial charge in [0.25, 0.3) is 17.2 Å². The number of nitrogens with zero attached hydrogens (tertiary/aromatic N) is 3. The average molecular weight is 446 g/mol. The van der Waals surface area contributed by atoms with Crippen molar-refractivity contribution in [3.63, 3.8) is 0 Å². The SMILES string of the molecule is CS/C(=N\OC(=O)N(C)S(=O)OC1COC(c2ccccc2)OC1)C(=O)N(C)C. The predicted octanol–water partition coefficient (Wildman–Crippen LogP) is 1.53. The van der Waals surface area contributed by atoms with Gasteiger partial charge in [0, 0.05) is 26.7 Å². The maximum absolute atomic E-state index is 12.2. The maximum atomic E-state index is 12.2. The Labute approximate surface area is 175 Å². The maximum Gasteiger partial charge on any atom is 0.449 e. The molecule has 1 aromatic carbocycles. The van der Waals surface area contributed by atoms with Crippen molar-refractivity contribution in [2.45, 2.75) is 12.4 Å². The van der Waals surface area contributed by atoms with Crippen LogP contribution in [0.1, 0.15) is 11.9 Å². The van der Waals surface area contributed by atoms with Gasteiger partial charge in [-0.15, -0.1) is 11.8 Å². The van der Waals surface area contributed by atoms with E-state index in [9.17, 15) is 13.8 Å². The highest BCUT2D eigenvalue weighted by molar-refractivity contribution is 8.15. The van der Waals surface area contributed by atoms with Crippen LogP contribution in [0.15, 0.2) is 35.5 Å². The van der Waals surface area contributed by atoms with Crippen LogP contribution in [0.25, 0.3) is 0 Å². The lowest BCUT2D eigenvalue weighted by Gasteiger charge is -2.29. The first-order chi connectivity index (χ1) is 13.8. The van der Waals surface area contributed by atoms with Gasteiger partial charge in [-0.3, -0.25) is 13.8 Å². The van der Waals surface area contributed by atoms with Crippen molar-refractivity contribution in [2.75, 3.05) is 40.6 Å². The number of carbonyl (C=O) groups excluding carboxylic acids is 2. The molecule has 1 saturated heterocycles. The molecular weight excluding hydrogens is 422 g/mol. The van der Waals surface area contributed by atoms with Gasteiger partial charge in [-0.2, -0.15) is 0 Å². The normalized spacial score (nSPS) is 20.6. The summed E-state index contributed by atoms with van der Waals surface area (Å²) in [5.74, 6) is -0.421. The van der Waals surface area contributed by atoms with Crippen molar-refractivity contribution in [1.29, 1.82) is 0 Å². The monoisotopic (exact) mass is 445 g/mol. The molecular formula is C17H23N3O7S2. The lowest BCUT2D eigenvalue weighted by Crippen LogP contribution is -2.38. The molecule has 0 radical (unpaired) electrons. The Balaban J connectivity index is 1.83. The van der Waals surface area contributed by atoms with Crippen molar-refractivity contribution in [2.24, 2.45) is 5.16 Å². The second-order valence-corrected chi connectivity index (χ2v) is 7.97. The van der Waals surface area contributed by atoms with E-state index in [4.69, 9.17) is 13.7 Å². The highest BCUT2D eigenvalue weighted by Crippen LogP contribution is 2.24. The average Bonchev–Trinajstić information content (AvgIpc) is 2.74. The molecule has 2 rings (SSSR count). The molecule has 2 amide bonds. The van der Waals surface area contributed by atoms with E-state index in [2.05, 4.69) is 9.99 Å². The summed E-state index contributed by atoms with van der Waals surface area (Å²) < 4.78 is 29.4. The molecule has 0 aromatic heterocycles. The third kappa shape index (κ3) is 6.78. The van der Waals surface area contributed by atoms with Gasteiger partial charge in [-0.25, -0.2) is 13.3 Å². The van der Waals surface area contributed by atoms with Gasteiger partial charge in [0.05, 0.1) is 13.2 Å². The Hall–Kier alpha value is -1.99. The van der Waals surface area contributed by atoms with Crippen LogP contribution in [-0.2, 0) is 34.6 Å². The lowest BCUT2D eigenvalue weighted by molar-refractivity contribution is -0.214. The summed E-state index contributed by atoms with van der Waals surface area (Å²) in [6, 6.07) is 9.38. The molecule has 12 heteroatoms. The van der Waals surface area contributed by atoms with E-state index >= 15 is 0 Å². The number of ether oxygens (including phenoxy) is 2. The van der Waals surface area contributed by atoms with E-state index in [1.54, 1.807) is 20.4 Å². The summed E-state index contributed by atoms with van der Waals surface area (Å²) in [5.41, 5.74) is 0.863. The fraction of sp³-hybridized carbons (Fsp3) is 0.471. The van der Waals surface area contributed by atoms with Crippen LogP contribution in [0, 0.1) is 0 Å². The molecule has 1 aromatic rings. The van der Waals surface area contributed by atoms with E-state index in [0.717, 1.165) is 17.3 Å². The summed E-state index contributed by atoms with van der Waals surface area (Å²) in [7, 11) is 4.31. The largest absolute Gasteiger partial charge is 0.449 e. The van der Waals surface area contributed by atoms with E-state index in [1.165, 1.54) is 11.9 Å². The number of amides is 2. The zero-order chi connectivity index (χ0) is 21.4. The van der Waals surface area contributed by atoms with E-state index in [0.29, 0.717) is 4.31 Å². The van der Waals surface area contributed by atoms with Crippen molar-refractivity contribution < 1.29 is 32.3 Å². The number of benzene rings is 1. The number of rotatable bonds is 5. The Morgan fingerprint density at radius 1 is 1.17 bits per heavy atom. The van der Waals surface area contributed by atoms with Crippen molar-refractivity contribution >= 4 is 40.1 Å². The number of hydrogen-bond donors (Lipinski definition) is 0. The molecule has 10 nitrogen and oxygen atoms in total. The fourth-order valence-electron chi connectivity index (χ4n) is 2.08. The minimum atomic E-state index is -2.16. The first kappa shape index (κ1) is 23.3. The molecule has 0 N–H and O–H groups in total. The zero-order valence-corrected chi connectivity index (χ0v) is 18.1. The van der Waals surface area contributed by atoms with Gasteiger partial charge in [0.2, 0.25) is 5.04 Å². The molecule has 29 heavy (non-hydrogen) atoms. The number of oxime groups is 1. The minimum absolute atomic E-state index is 0.0236. The van der Waals surface area contributed by atoms with E-state index in [1.807, 2.05) is 30.3 Å². The quantitative estimate of drug-likeness (QED) is 0.291. The highest BCUT2D eigenvalue weighted by atomic mass is 32.2. The standard InChI is InChI=1S/C17H23N3O7S2/c1-19(2)15(21)14(28-4)18-26-17(22)20(3)29(23)27-13-10-24-16(25-11-13)12-8-6-5-7-9-12/h5-9,13,16H,10-11H2,1-4H3/b18-14-. The van der Waals surface area contributed by atoms with Gasteiger partial charge in [-0.05, 0) is 6.26 Å². The fourth-order valence-corrected chi connectivity index (χ4v) is 3.18. The molecule has 160 valence electrons. The molecule has 0 bridgehead atoms. The van der Waals surface area contributed by atoms with Crippen molar-refractivity contribution in [3.05, 3.63) is 35.9 Å². The van der Waals surface area contributed by atoms with Gasteiger partial charge in [-0.1, -0.05) is 35.5 Å². The summed E-state index contributed by atoms with van der Waals surface area (Å²) in [6.07, 6.45) is -0.584. The molecule has 1 atom stereocenters. The Kier molecular flexibility index (Phi) is 9.04. The van der Waals surface area contributed by atoms with E-state index in [-0.39, 0.29) is 18.3 Å². The third-order valence-electron chi connectivity index (χ3n) is 3.63. The molecule has 1 fully saturated rings. The van der Waals surface area contributed by atoms with Gasteiger partial charge in [0.15, 0.2) is 6.29 Å². The van der Waals surface area contributed by atoms with Crippen LogP contribution in [-0.4, -0.2) is 77.2 Å². The minimum Gasteiger partial charge on any atom is -0.346 e. The van der Waals surface area contributed by atoms with Gasteiger partial charge < -0.3 is 14.4 Å². The number of carbonyl (C=O) groups is 2. The van der Waals surface area contributed by atoms with Crippen LogP contribution in [0.4, 0.5) is 4.79 Å². The highest BCUT2D eigenvalue weighted by Gasteiger charge is 2.28. The molecule has 1 aliphatic rings. The Morgan fingerprint density at radius 2 is 1.79 bits per heavy atom. The summed E-state index contributed by atoms with van der Waals surface area (Å²) in [5, 5.41) is 3.49. The molecule has 1 aliphatic heterocycles. The third-order valence-corrected chi connectivity index (χ3v) is 5.30.